The van der Waals surface area contributed by atoms with E-state index in [4.69, 9.17) is 14.2 Å². The van der Waals surface area contributed by atoms with Gasteiger partial charge in [0.05, 0.1) is 23.7 Å². The molecule has 2 heterocycles. The van der Waals surface area contributed by atoms with E-state index in [0.717, 1.165) is 31.4 Å². The Balaban J connectivity index is 2.13. The van der Waals surface area contributed by atoms with Gasteiger partial charge in [0.1, 0.15) is 11.9 Å². The van der Waals surface area contributed by atoms with Gasteiger partial charge in [-0.1, -0.05) is 12.8 Å². The van der Waals surface area contributed by atoms with Gasteiger partial charge in [-0.05, 0) is 33.6 Å². The molecule has 12 nitrogen and oxygen atoms in total. The second-order valence-electron chi connectivity index (χ2n) is 9.58. The summed E-state index contributed by atoms with van der Waals surface area (Å²) in [4.78, 5) is 34.1. The number of nitrogens with zero attached hydrogens (tertiary/aromatic N) is 6. The zero-order chi connectivity index (χ0) is 27.2. The van der Waals surface area contributed by atoms with Crippen molar-refractivity contribution in [3.8, 4) is 17.3 Å². The Hall–Kier alpha value is -3.82. The van der Waals surface area contributed by atoms with Crippen LogP contribution in [0.3, 0.4) is 0 Å². The SMILES string of the molecule is COC(Cc1c(-c2cnn(C(=CC#N)C3CCCC3)c2)ncnc1N(C(=O)O)C(=O)OC(C)(C)C)OC. The highest BCUT2D eigenvalue weighted by Crippen LogP contribution is 2.35. The van der Waals surface area contributed by atoms with Crippen LogP contribution in [0.5, 0.6) is 0 Å². The summed E-state index contributed by atoms with van der Waals surface area (Å²) in [5.41, 5.74) is 1.02. The van der Waals surface area contributed by atoms with Crippen molar-refractivity contribution in [3.05, 3.63) is 30.4 Å². The first-order chi connectivity index (χ1) is 17.6. The monoisotopic (exact) mass is 512 g/mol. The molecule has 12 heteroatoms. The van der Waals surface area contributed by atoms with E-state index in [1.165, 1.54) is 26.6 Å². The zero-order valence-corrected chi connectivity index (χ0v) is 21.7. The van der Waals surface area contributed by atoms with E-state index >= 15 is 0 Å². The summed E-state index contributed by atoms with van der Waals surface area (Å²) in [6.07, 6.45) is 6.67. The van der Waals surface area contributed by atoms with Crippen LogP contribution in [0.25, 0.3) is 17.0 Å². The number of amides is 2. The number of nitriles is 1. The lowest BCUT2D eigenvalue weighted by atomic mass is 10.0. The van der Waals surface area contributed by atoms with Crippen molar-refractivity contribution in [2.24, 2.45) is 5.92 Å². The number of aromatic nitrogens is 4. The normalized spacial score (nSPS) is 14.6. The maximum absolute atomic E-state index is 12.9. The van der Waals surface area contributed by atoms with Gasteiger partial charge in [0.2, 0.25) is 0 Å². The second kappa shape index (κ2) is 11.9. The number of imide groups is 1. The minimum absolute atomic E-state index is 0.0276. The number of hydrogen-bond donors (Lipinski definition) is 1. The summed E-state index contributed by atoms with van der Waals surface area (Å²) >= 11 is 0. The van der Waals surface area contributed by atoms with Crippen molar-refractivity contribution in [1.29, 1.82) is 5.26 Å². The minimum atomic E-state index is -1.57. The van der Waals surface area contributed by atoms with Crippen molar-refractivity contribution in [1.82, 2.24) is 19.7 Å². The van der Waals surface area contributed by atoms with Crippen LogP contribution in [0.4, 0.5) is 15.4 Å². The van der Waals surface area contributed by atoms with Gasteiger partial charge in [-0.25, -0.2) is 24.2 Å². The standard InChI is InChI=1S/C25H32N6O6/c1-25(2,3)37-24(34)31(23(32)33)22-18(12-20(35-4)36-5)21(27-15-28-22)17-13-29-30(14-17)19(10-11-26)16-8-6-7-9-16/h10,13-16,20H,6-9,12H2,1-5H3,(H,32,33). The van der Waals surface area contributed by atoms with Gasteiger partial charge in [-0.15, -0.1) is 0 Å². The van der Waals surface area contributed by atoms with Crippen molar-refractivity contribution in [3.63, 3.8) is 0 Å². The molecule has 2 amide bonds. The molecule has 1 aliphatic carbocycles. The fourth-order valence-corrected chi connectivity index (χ4v) is 4.27. The zero-order valence-electron chi connectivity index (χ0n) is 21.7. The lowest BCUT2D eigenvalue weighted by molar-refractivity contribution is -0.100. The predicted octanol–water partition coefficient (Wildman–Crippen LogP) is 4.48. The van der Waals surface area contributed by atoms with Gasteiger partial charge in [0.25, 0.3) is 0 Å². The number of anilines is 1. The Morgan fingerprint density at radius 1 is 1.27 bits per heavy atom. The van der Waals surface area contributed by atoms with Crippen LogP contribution in [0.1, 0.15) is 52.0 Å². The van der Waals surface area contributed by atoms with Crippen LogP contribution < -0.4 is 4.90 Å². The topological polar surface area (TPSA) is 153 Å². The van der Waals surface area contributed by atoms with Crippen LogP contribution in [0.15, 0.2) is 24.8 Å². The molecule has 0 unspecified atom stereocenters. The van der Waals surface area contributed by atoms with Gasteiger partial charge in [-0.2, -0.15) is 15.3 Å². The molecule has 0 spiro atoms. The van der Waals surface area contributed by atoms with Crippen molar-refractivity contribution < 1.29 is 28.9 Å². The fourth-order valence-electron chi connectivity index (χ4n) is 4.27. The van der Waals surface area contributed by atoms with E-state index in [9.17, 15) is 20.0 Å². The van der Waals surface area contributed by atoms with Gasteiger partial charge >= 0.3 is 12.2 Å². The molecule has 0 saturated heterocycles. The number of carbonyl (C=O) groups excluding carboxylic acids is 1. The largest absolute Gasteiger partial charge is 0.464 e. The van der Waals surface area contributed by atoms with Crippen LogP contribution >= 0.6 is 0 Å². The molecule has 1 N–H and O–H groups in total. The third kappa shape index (κ3) is 6.69. The highest BCUT2D eigenvalue weighted by molar-refractivity contribution is 6.08. The van der Waals surface area contributed by atoms with E-state index in [2.05, 4.69) is 21.1 Å². The molecular formula is C25H32N6O6. The molecule has 37 heavy (non-hydrogen) atoms. The Kier molecular flexibility index (Phi) is 8.96. The summed E-state index contributed by atoms with van der Waals surface area (Å²) in [7, 11) is 2.89. The third-order valence-corrected chi connectivity index (χ3v) is 5.90. The molecule has 1 aliphatic rings. The number of rotatable bonds is 8. The summed E-state index contributed by atoms with van der Waals surface area (Å²) in [6.45, 7) is 4.90. The molecule has 2 aromatic heterocycles. The quantitative estimate of drug-likeness (QED) is 0.396. The lowest BCUT2D eigenvalue weighted by Crippen LogP contribution is -2.41. The van der Waals surface area contributed by atoms with Crippen LogP contribution in [-0.4, -0.2) is 63.2 Å². The Bertz CT molecular complexity index is 1190. The maximum atomic E-state index is 12.9. The van der Waals surface area contributed by atoms with Crippen molar-refractivity contribution in [2.75, 3.05) is 19.1 Å². The average Bonchev–Trinajstić information content (AvgIpc) is 3.53. The molecule has 3 rings (SSSR count). The van der Waals surface area contributed by atoms with Crippen LogP contribution in [0, 0.1) is 17.2 Å². The number of carboxylic acid groups (broad SMARTS) is 1. The lowest BCUT2D eigenvalue weighted by Gasteiger charge is -2.26. The molecule has 1 saturated carbocycles. The van der Waals surface area contributed by atoms with Gasteiger partial charge in [-0.3, -0.25) is 0 Å². The molecule has 0 radical (unpaired) electrons. The van der Waals surface area contributed by atoms with Crippen LogP contribution in [-0.2, 0) is 20.6 Å². The predicted molar refractivity (Wildman–Crippen MR) is 133 cm³/mol. The molecule has 0 bridgehead atoms. The number of ether oxygens (including phenoxy) is 3. The molecular weight excluding hydrogens is 480 g/mol. The molecule has 198 valence electrons. The minimum Gasteiger partial charge on any atom is -0.464 e. The first kappa shape index (κ1) is 27.8. The van der Waals surface area contributed by atoms with Crippen LogP contribution in [0.2, 0.25) is 0 Å². The third-order valence-electron chi connectivity index (χ3n) is 5.90. The fraction of sp³-hybridized carbons (Fsp3) is 0.520. The van der Waals surface area contributed by atoms with Gasteiger partial charge in [0.15, 0.2) is 12.1 Å². The highest BCUT2D eigenvalue weighted by atomic mass is 16.7. The van der Waals surface area contributed by atoms with E-state index in [1.807, 2.05) is 0 Å². The smallest absolute Gasteiger partial charge is 0.425 e. The Morgan fingerprint density at radius 2 is 1.95 bits per heavy atom. The van der Waals surface area contributed by atoms with Gasteiger partial charge < -0.3 is 19.3 Å². The molecule has 2 aromatic rings. The maximum Gasteiger partial charge on any atom is 0.425 e. The number of allylic oxidation sites excluding steroid dienone is 2. The van der Waals surface area contributed by atoms with E-state index in [1.54, 1.807) is 37.8 Å². The Labute approximate surface area is 215 Å². The summed E-state index contributed by atoms with van der Waals surface area (Å²) in [6, 6.07) is 2.11. The number of carbonyl (C=O) groups is 2. The second-order valence-corrected chi connectivity index (χ2v) is 9.58. The highest BCUT2D eigenvalue weighted by Gasteiger charge is 2.34. The molecule has 0 atom stereocenters. The summed E-state index contributed by atoms with van der Waals surface area (Å²) in [5, 5.41) is 23.7. The molecule has 0 aromatic carbocycles. The average molecular weight is 513 g/mol. The van der Waals surface area contributed by atoms with Crippen molar-refractivity contribution >= 4 is 23.7 Å². The van der Waals surface area contributed by atoms with E-state index in [0.29, 0.717) is 16.2 Å². The van der Waals surface area contributed by atoms with Crippen molar-refractivity contribution in [2.45, 2.75) is 64.8 Å². The number of methoxy groups -OCH3 is 2. The van der Waals surface area contributed by atoms with E-state index in [-0.39, 0.29) is 23.7 Å². The number of hydrogen-bond acceptors (Lipinski definition) is 9. The summed E-state index contributed by atoms with van der Waals surface area (Å²) in [5.74, 6) is 0.0380. The molecule has 0 aliphatic heterocycles. The van der Waals surface area contributed by atoms with Gasteiger partial charge in [0, 0.05) is 50.0 Å². The first-order valence-electron chi connectivity index (χ1n) is 11.9. The summed E-state index contributed by atoms with van der Waals surface area (Å²) < 4.78 is 17.7. The van der Waals surface area contributed by atoms with E-state index < -0.39 is 24.1 Å². The first-order valence-corrected chi connectivity index (χ1v) is 11.9. The molecule has 1 fully saturated rings. The Morgan fingerprint density at radius 3 is 2.51 bits per heavy atom.